The van der Waals surface area contributed by atoms with Crippen molar-refractivity contribution in [3.05, 3.63) is 76.1 Å². The van der Waals surface area contributed by atoms with Gasteiger partial charge in [-0.05, 0) is 93.4 Å². The number of hydrogen-bond acceptors (Lipinski definition) is 7. The lowest BCUT2D eigenvalue weighted by Gasteiger charge is -2.28. The largest absolute Gasteiger partial charge is 0.495 e. The molecule has 44 heavy (non-hydrogen) atoms. The second kappa shape index (κ2) is 12.9. The summed E-state index contributed by atoms with van der Waals surface area (Å²) in [6.07, 6.45) is -0.974. The number of carbonyl (C=O) groups excluding carboxylic acids is 2. The minimum Gasteiger partial charge on any atom is -0.495 e. The molecular weight excluding hydrogens is 571 g/mol. The number of fused-ring (bicyclic) bond motifs is 1. The van der Waals surface area contributed by atoms with Crippen molar-refractivity contribution in [2.45, 2.75) is 58.2 Å². The monoisotopic (exact) mass is 609 g/mol. The first-order chi connectivity index (χ1) is 20.9. The molecule has 0 unspecified atom stereocenters. The third-order valence-corrected chi connectivity index (χ3v) is 8.74. The van der Waals surface area contributed by atoms with E-state index in [9.17, 15) is 22.8 Å². The zero-order chi connectivity index (χ0) is 31.6. The van der Waals surface area contributed by atoms with Crippen LogP contribution in [0.3, 0.4) is 0 Å². The van der Waals surface area contributed by atoms with E-state index in [1.807, 2.05) is 31.2 Å². The summed E-state index contributed by atoms with van der Waals surface area (Å²) in [5, 5.41) is 5.94. The molecule has 2 aliphatic rings. The van der Waals surface area contributed by atoms with Gasteiger partial charge in [-0.1, -0.05) is 24.3 Å². The molecule has 0 spiro atoms. The van der Waals surface area contributed by atoms with Crippen LogP contribution in [0.2, 0.25) is 0 Å². The smallest absolute Gasteiger partial charge is 0.419 e. The molecule has 0 bridgehead atoms. The Morgan fingerprint density at radius 3 is 2.55 bits per heavy atom. The second-order valence-electron chi connectivity index (χ2n) is 12.0. The summed E-state index contributed by atoms with van der Waals surface area (Å²) < 4.78 is 47.9. The predicted octanol–water partition coefficient (Wildman–Crippen LogP) is 6.06. The number of ether oxygens (including phenoxy) is 1. The maximum atomic E-state index is 14.1. The SMILES string of the molecule is COc1cc(C(=O)CC2CCN(C)CC2)c(C)cc1Nc1ncc(C(F)(F)F)c(C[C@@H]2Cc3ccccc3[C@H]2NC(C)=O)n1. The molecule has 2 atom stereocenters. The molecule has 1 aliphatic carbocycles. The number of amides is 1. The van der Waals surface area contributed by atoms with Gasteiger partial charge in [0, 0.05) is 25.1 Å². The fourth-order valence-electron chi connectivity index (χ4n) is 6.41. The fraction of sp³-hybridized carbons (Fsp3) is 0.455. The highest BCUT2D eigenvalue weighted by Gasteiger charge is 2.39. The second-order valence-corrected chi connectivity index (χ2v) is 12.0. The van der Waals surface area contributed by atoms with Gasteiger partial charge in [-0.25, -0.2) is 9.97 Å². The number of benzene rings is 2. The summed E-state index contributed by atoms with van der Waals surface area (Å²) in [6.45, 7) is 5.17. The number of likely N-dealkylation sites (tertiary alicyclic amines) is 1. The van der Waals surface area contributed by atoms with Crippen LogP contribution in [0.25, 0.3) is 0 Å². The summed E-state index contributed by atoms with van der Waals surface area (Å²) in [4.78, 5) is 35.8. The molecule has 1 aliphatic heterocycles. The minimum absolute atomic E-state index is 0.0216. The Balaban J connectivity index is 1.40. The Labute approximate surface area is 255 Å². The maximum Gasteiger partial charge on any atom is 0.419 e. The lowest BCUT2D eigenvalue weighted by molar-refractivity contribution is -0.138. The molecule has 234 valence electrons. The molecule has 1 aromatic heterocycles. The topological polar surface area (TPSA) is 96.5 Å². The molecule has 11 heteroatoms. The van der Waals surface area contributed by atoms with E-state index >= 15 is 0 Å². The number of carbonyl (C=O) groups is 2. The molecule has 2 N–H and O–H groups in total. The van der Waals surface area contributed by atoms with Crippen molar-refractivity contribution in [1.29, 1.82) is 0 Å². The summed E-state index contributed by atoms with van der Waals surface area (Å²) in [7, 11) is 3.55. The zero-order valence-electron chi connectivity index (χ0n) is 25.4. The van der Waals surface area contributed by atoms with E-state index in [1.54, 1.807) is 12.1 Å². The number of ketones is 1. The molecule has 3 aromatic rings. The molecular formula is C33H38F3N5O3. The average Bonchev–Trinajstić information content (AvgIpc) is 3.30. The third kappa shape index (κ3) is 7.04. The van der Waals surface area contributed by atoms with Crippen LogP contribution >= 0.6 is 0 Å². The van der Waals surface area contributed by atoms with Crippen molar-refractivity contribution in [2.24, 2.45) is 11.8 Å². The Kier molecular flexibility index (Phi) is 9.24. The van der Waals surface area contributed by atoms with Crippen LogP contribution in [0.1, 0.15) is 70.5 Å². The molecule has 0 radical (unpaired) electrons. The third-order valence-electron chi connectivity index (χ3n) is 8.74. The Morgan fingerprint density at radius 1 is 1.14 bits per heavy atom. The Hall–Kier alpha value is -3.99. The van der Waals surface area contributed by atoms with E-state index in [1.165, 1.54) is 14.0 Å². The van der Waals surface area contributed by atoms with Crippen molar-refractivity contribution in [2.75, 3.05) is 32.6 Å². The number of Topliss-reactive ketones (excluding diaryl/α,β-unsaturated/α-hetero) is 1. The number of nitrogens with zero attached hydrogens (tertiary/aromatic N) is 3. The number of aromatic nitrogens is 2. The van der Waals surface area contributed by atoms with Gasteiger partial charge in [-0.2, -0.15) is 13.2 Å². The standard InChI is InChI=1S/C33H38F3N5O3/c1-19-13-28(30(44-4)17-25(19)29(43)14-21-9-11-41(3)12-10-21)40-32-37-18-26(33(34,35)36)27(39-32)16-23-15-22-7-5-6-8-24(22)31(23)38-20(2)42/h5-8,13,17-18,21,23,31H,9-12,14-16H2,1-4H3,(H,38,42)(H,37,39,40)/t23-,31-/m0/s1. The van der Waals surface area contributed by atoms with Crippen LogP contribution < -0.4 is 15.4 Å². The molecule has 1 saturated heterocycles. The van der Waals surface area contributed by atoms with Crippen molar-refractivity contribution in [1.82, 2.24) is 20.2 Å². The fourth-order valence-corrected chi connectivity index (χ4v) is 6.41. The van der Waals surface area contributed by atoms with Crippen molar-refractivity contribution in [3.63, 3.8) is 0 Å². The lowest BCUT2D eigenvalue weighted by Crippen LogP contribution is -2.31. The molecule has 2 heterocycles. The first-order valence-corrected chi connectivity index (χ1v) is 14.9. The van der Waals surface area contributed by atoms with Crippen LogP contribution in [0, 0.1) is 18.8 Å². The number of alkyl halides is 3. The highest BCUT2D eigenvalue weighted by molar-refractivity contribution is 5.98. The van der Waals surface area contributed by atoms with E-state index in [-0.39, 0.29) is 35.7 Å². The van der Waals surface area contributed by atoms with Crippen LogP contribution in [-0.4, -0.2) is 53.8 Å². The predicted molar refractivity (Wildman–Crippen MR) is 161 cm³/mol. The van der Waals surface area contributed by atoms with Crippen molar-refractivity contribution < 1.29 is 27.5 Å². The molecule has 5 rings (SSSR count). The number of rotatable bonds is 9. The van der Waals surface area contributed by atoms with E-state index in [0.29, 0.717) is 35.8 Å². The lowest BCUT2D eigenvalue weighted by atomic mass is 9.89. The number of methoxy groups -OCH3 is 1. The number of anilines is 2. The summed E-state index contributed by atoms with van der Waals surface area (Å²) in [5.74, 6) is 0.132. The number of nitrogens with one attached hydrogen (secondary N) is 2. The molecule has 2 aromatic carbocycles. The first kappa shape index (κ1) is 31.4. The van der Waals surface area contributed by atoms with Crippen LogP contribution in [0.15, 0.2) is 42.6 Å². The number of piperidine rings is 1. The van der Waals surface area contributed by atoms with Gasteiger partial charge in [-0.3, -0.25) is 9.59 Å². The van der Waals surface area contributed by atoms with Gasteiger partial charge < -0.3 is 20.3 Å². The minimum atomic E-state index is -4.66. The number of aryl methyl sites for hydroxylation is 1. The van der Waals surface area contributed by atoms with Gasteiger partial charge in [0.05, 0.1) is 30.1 Å². The molecule has 8 nitrogen and oxygen atoms in total. The van der Waals surface area contributed by atoms with E-state index in [2.05, 4.69) is 32.5 Å². The zero-order valence-corrected chi connectivity index (χ0v) is 25.4. The van der Waals surface area contributed by atoms with E-state index < -0.39 is 17.8 Å². The molecule has 1 fully saturated rings. The van der Waals surface area contributed by atoms with Crippen molar-refractivity contribution >= 4 is 23.3 Å². The van der Waals surface area contributed by atoms with Gasteiger partial charge in [0.1, 0.15) is 5.75 Å². The van der Waals surface area contributed by atoms with Crippen LogP contribution in [0.4, 0.5) is 24.8 Å². The number of hydrogen-bond donors (Lipinski definition) is 2. The summed E-state index contributed by atoms with van der Waals surface area (Å²) in [5.41, 5.74) is 2.53. The van der Waals surface area contributed by atoms with Gasteiger partial charge in [0.25, 0.3) is 0 Å². The van der Waals surface area contributed by atoms with Gasteiger partial charge >= 0.3 is 6.18 Å². The average molecular weight is 610 g/mol. The van der Waals surface area contributed by atoms with Gasteiger partial charge in [0.2, 0.25) is 11.9 Å². The normalized spacial score (nSPS) is 19.0. The van der Waals surface area contributed by atoms with Gasteiger partial charge in [-0.15, -0.1) is 0 Å². The summed E-state index contributed by atoms with van der Waals surface area (Å²) >= 11 is 0. The van der Waals surface area contributed by atoms with E-state index in [4.69, 9.17) is 4.74 Å². The first-order valence-electron chi connectivity index (χ1n) is 14.9. The van der Waals surface area contributed by atoms with Crippen molar-refractivity contribution in [3.8, 4) is 5.75 Å². The number of halogens is 3. The van der Waals surface area contributed by atoms with Crippen LogP contribution in [-0.2, 0) is 23.8 Å². The molecule has 0 saturated carbocycles. The Morgan fingerprint density at radius 2 is 1.86 bits per heavy atom. The Bertz CT molecular complexity index is 1540. The summed E-state index contributed by atoms with van der Waals surface area (Å²) in [6, 6.07) is 10.5. The van der Waals surface area contributed by atoms with Gasteiger partial charge in [0.15, 0.2) is 5.78 Å². The maximum absolute atomic E-state index is 14.1. The quantitative estimate of drug-likeness (QED) is 0.285. The van der Waals surface area contributed by atoms with E-state index in [0.717, 1.165) is 48.8 Å². The highest BCUT2D eigenvalue weighted by Crippen LogP contribution is 2.40. The molecule has 1 amide bonds. The highest BCUT2D eigenvalue weighted by atomic mass is 19.4. The van der Waals surface area contributed by atoms with Crippen LogP contribution in [0.5, 0.6) is 5.75 Å².